The Labute approximate surface area is 156 Å². The van der Waals surface area contributed by atoms with Crippen molar-refractivity contribution in [2.45, 2.75) is 70.2 Å². The zero-order chi connectivity index (χ0) is 19.0. The second-order valence-electron chi connectivity index (χ2n) is 7.07. The molecule has 0 amide bonds. The van der Waals surface area contributed by atoms with Gasteiger partial charge in [0.1, 0.15) is 0 Å². The van der Waals surface area contributed by atoms with Crippen molar-refractivity contribution in [2.24, 2.45) is 0 Å². The van der Waals surface area contributed by atoms with E-state index in [1.807, 2.05) is 50.3 Å². The van der Waals surface area contributed by atoms with E-state index in [1.165, 1.54) is 7.11 Å². The molecule has 0 aliphatic carbocycles. The van der Waals surface area contributed by atoms with Crippen LogP contribution in [0.4, 0.5) is 0 Å². The Morgan fingerprint density at radius 3 is 2.65 bits per heavy atom. The van der Waals surface area contributed by atoms with Crippen LogP contribution in [0.25, 0.3) is 0 Å². The van der Waals surface area contributed by atoms with Crippen LogP contribution in [0.3, 0.4) is 0 Å². The number of esters is 1. The minimum atomic E-state index is -0.736. The molecule has 1 aliphatic heterocycles. The van der Waals surface area contributed by atoms with Gasteiger partial charge in [-0.05, 0) is 25.8 Å². The second-order valence-corrected chi connectivity index (χ2v) is 7.07. The SMILES string of the molecule is C=CC[C@H](C[C@@H]1C[C@H](CC(=O)OC)OC(C)(C)O1)OCc1ccccc1. The summed E-state index contributed by atoms with van der Waals surface area (Å²) in [6.45, 7) is 8.13. The second kappa shape index (κ2) is 9.86. The molecule has 0 saturated carbocycles. The van der Waals surface area contributed by atoms with E-state index in [0.717, 1.165) is 18.4 Å². The predicted molar refractivity (Wildman–Crippen MR) is 99.5 cm³/mol. The standard InChI is InChI=1S/C21H30O5/c1-5-9-17(24-15-16-10-7-6-8-11-16)12-18-13-19(14-20(22)23-4)26-21(2,3)25-18/h5-8,10-11,17-19H,1,9,12-15H2,2-4H3/t17-,18-,19-/m1/s1. The van der Waals surface area contributed by atoms with Crippen molar-refractivity contribution in [2.75, 3.05) is 7.11 Å². The van der Waals surface area contributed by atoms with Gasteiger partial charge >= 0.3 is 5.97 Å². The Bertz CT molecular complexity index is 569. The van der Waals surface area contributed by atoms with E-state index in [9.17, 15) is 4.79 Å². The molecule has 0 bridgehead atoms. The minimum absolute atomic E-state index is 0.00498. The van der Waals surface area contributed by atoms with Crippen LogP contribution in [0.15, 0.2) is 43.0 Å². The van der Waals surface area contributed by atoms with E-state index in [0.29, 0.717) is 13.0 Å². The quantitative estimate of drug-likeness (QED) is 0.491. The van der Waals surface area contributed by atoms with Crippen LogP contribution in [-0.2, 0) is 30.3 Å². The maximum Gasteiger partial charge on any atom is 0.308 e. The molecule has 0 N–H and O–H groups in total. The Morgan fingerprint density at radius 2 is 2.00 bits per heavy atom. The van der Waals surface area contributed by atoms with Crippen LogP contribution >= 0.6 is 0 Å². The van der Waals surface area contributed by atoms with Gasteiger partial charge in [-0.15, -0.1) is 6.58 Å². The molecule has 1 aromatic rings. The molecule has 3 atom stereocenters. The van der Waals surface area contributed by atoms with Crippen molar-refractivity contribution in [3.63, 3.8) is 0 Å². The molecule has 1 heterocycles. The molecule has 0 unspecified atom stereocenters. The molecule has 0 aromatic heterocycles. The van der Waals surface area contributed by atoms with Gasteiger partial charge in [-0.3, -0.25) is 4.79 Å². The average molecular weight is 362 g/mol. The molecule has 0 radical (unpaired) electrons. The maximum atomic E-state index is 11.6. The van der Waals surface area contributed by atoms with Crippen LogP contribution in [-0.4, -0.2) is 37.2 Å². The lowest BCUT2D eigenvalue weighted by molar-refractivity contribution is -0.303. The van der Waals surface area contributed by atoms with Crippen molar-refractivity contribution >= 4 is 5.97 Å². The monoisotopic (exact) mass is 362 g/mol. The van der Waals surface area contributed by atoms with E-state index >= 15 is 0 Å². The summed E-state index contributed by atoms with van der Waals surface area (Å²) in [5.74, 6) is -1.01. The minimum Gasteiger partial charge on any atom is -0.469 e. The van der Waals surface area contributed by atoms with Crippen molar-refractivity contribution in [3.05, 3.63) is 48.6 Å². The molecule has 1 saturated heterocycles. The smallest absolute Gasteiger partial charge is 0.308 e. The average Bonchev–Trinajstić information content (AvgIpc) is 2.59. The molecular weight excluding hydrogens is 332 g/mol. The molecule has 1 fully saturated rings. The van der Waals surface area contributed by atoms with E-state index in [4.69, 9.17) is 18.9 Å². The van der Waals surface area contributed by atoms with Gasteiger partial charge in [-0.2, -0.15) is 0 Å². The first-order valence-electron chi connectivity index (χ1n) is 9.10. The number of carbonyl (C=O) groups is 1. The third kappa shape index (κ3) is 6.90. The summed E-state index contributed by atoms with van der Waals surface area (Å²) in [6.07, 6.45) is 3.96. The lowest BCUT2D eigenvalue weighted by Crippen LogP contribution is -2.46. The molecule has 0 spiro atoms. The van der Waals surface area contributed by atoms with Crippen molar-refractivity contribution in [1.29, 1.82) is 0 Å². The number of methoxy groups -OCH3 is 1. The van der Waals surface area contributed by atoms with Gasteiger partial charge < -0.3 is 18.9 Å². The molecule has 5 nitrogen and oxygen atoms in total. The molecule has 1 aromatic carbocycles. The van der Waals surface area contributed by atoms with Crippen molar-refractivity contribution < 1.29 is 23.7 Å². The fourth-order valence-corrected chi connectivity index (χ4v) is 3.26. The molecule has 5 heteroatoms. The van der Waals surface area contributed by atoms with Gasteiger partial charge in [0.15, 0.2) is 5.79 Å². The zero-order valence-electron chi connectivity index (χ0n) is 16.0. The van der Waals surface area contributed by atoms with Gasteiger partial charge in [0.25, 0.3) is 0 Å². The van der Waals surface area contributed by atoms with E-state index in [2.05, 4.69) is 6.58 Å². The summed E-state index contributed by atoms with van der Waals surface area (Å²) in [7, 11) is 1.39. The third-order valence-electron chi connectivity index (χ3n) is 4.33. The number of benzene rings is 1. The van der Waals surface area contributed by atoms with Crippen LogP contribution in [0, 0.1) is 0 Å². The summed E-state index contributed by atoms with van der Waals surface area (Å²) in [6, 6.07) is 10.1. The van der Waals surface area contributed by atoms with Crippen LogP contribution in [0.1, 0.15) is 45.1 Å². The first kappa shape index (κ1) is 20.6. The van der Waals surface area contributed by atoms with Gasteiger partial charge in [-0.25, -0.2) is 0 Å². The summed E-state index contributed by atoms with van der Waals surface area (Å²) in [5, 5.41) is 0. The number of carbonyl (C=O) groups excluding carboxylic acids is 1. The molecule has 26 heavy (non-hydrogen) atoms. The third-order valence-corrected chi connectivity index (χ3v) is 4.33. The lowest BCUT2D eigenvalue weighted by Gasteiger charge is -2.41. The number of ether oxygens (including phenoxy) is 4. The first-order chi connectivity index (χ1) is 12.4. The Kier molecular flexibility index (Phi) is 7.82. The number of hydrogen-bond donors (Lipinski definition) is 0. The fourth-order valence-electron chi connectivity index (χ4n) is 3.26. The van der Waals surface area contributed by atoms with Crippen LogP contribution < -0.4 is 0 Å². The van der Waals surface area contributed by atoms with Gasteiger partial charge in [-0.1, -0.05) is 36.4 Å². The summed E-state index contributed by atoms with van der Waals surface area (Å²) in [5.41, 5.74) is 1.14. The highest BCUT2D eigenvalue weighted by atomic mass is 16.7. The highest BCUT2D eigenvalue weighted by Crippen LogP contribution is 2.31. The summed E-state index contributed by atoms with van der Waals surface area (Å²) < 4.78 is 22.8. The van der Waals surface area contributed by atoms with Crippen LogP contribution in [0.5, 0.6) is 0 Å². The largest absolute Gasteiger partial charge is 0.469 e. The van der Waals surface area contributed by atoms with E-state index in [1.54, 1.807) is 0 Å². The lowest BCUT2D eigenvalue weighted by atomic mass is 9.99. The maximum absolute atomic E-state index is 11.6. The van der Waals surface area contributed by atoms with Gasteiger partial charge in [0, 0.05) is 12.8 Å². The highest BCUT2D eigenvalue weighted by Gasteiger charge is 2.37. The Balaban J connectivity index is 1.94. The Hall–Kier alpha value is -1.69. The first-order valence-corrected chi connectivity index (χ1v) is 9.10. The number of hydrogen-bond acceptors (Lipinski definition) is 5. The van der Waals surface area contributed by atoms with Gasteiger partial charge in [0.05, 0.1) is 38.4 Å². The fraction of sp³-hybridized carbons (Fsp3) is 0.571. The summed E-state index contributed by atoms with van der Waals surface area (Å²) in [4.78, 5) is 11.6. The molecule has 1 aliphatic rings. The summed E-state index contributed by atoms with van der Waals surface area (Å²) >= 11 is 0. The highest BCUT2D eigenvalue weighted by molar-refractivity contribution is 5.69. The van der Waals surface area contributed by atoms with E-state index < -0.39 is 5.79 Å². The van der Waals surface area contributed by atoms with Crippen LogP contribution in [0.2, 0.25) is 0 Å². The molecule has 2 rings (SSSR count). The molecular formula is C21H30O5. The topological polar surface area (TPSA) is 54.0 Å². The predicted octanol–water partition coefficient (Wildman–Crippen LogP) is 4.01. The molecule has 144 valence electrons. The van der Waals surface area contributed by atoms with Crippen molar-refractivity contribution in [1.82, 2.24) is 0 Å². The Morgan fingerprint density at radius 1 is 1.31 bits per heavy atom. The van der Waals surface area contributed by atoms with Gasteiger partial charge in [0.2, 0.25) is 0 Å². The zero-order valence-corrected chi connectivity index (χ0v) is 16.0. The normalized spacial score (nSPS) is 23.2. The number of rotatable bonds is 9. The van der Waals surface area contributed by atoms with E-state index in [-0.39, 0.29) is 30.7 Å². The van der Waals surface area contributed by atoms with Crippen molar-refractivity contribution in [3.8, 4) is 0 Å².